The normalized spacial score (nSPS) is 30.0. The molecule has 134 valence electrons. The summed E-state index contributed by atoms with van der Waals surface area (Å²) in [6, 6.07) is 4.45. The predicted octanol–water partition coefficient (Wildman–Crippen LogP) is 0.996. The fourth-order valence-corrected chi connectivity index (χ4v) is 7.95. The van der Waals surface area contributed by atoms with Gasteiger partial charge in [-0.25, -0.2) is 16.8 Å². The van der Waals surface area contributed by atoms with Crippen LogP contribution in [0.15, 0.2) is 23.1 Å². The van der Waals surface area contributed by atoms with Crippen LogP contribution in [-0.4, -0.2) is 70.3 Å². The minimum atomic E-state index is -3.75. The average Bonchev–Trinajstić information content (AvgIpc) is 3.02. The van der Waals surface area contributed by atoms with Crippen LogP contribution in [0.3, 0.4) is 0 Å². The van der Waals surface area contributed by atoms with Crippen molar-refractivity contribution in [2.24, 2.45) is 5.92 Å². The van der Waals surface area contributed by atoms with Crippen LogP contribution in [0.4, 0.5) is 0 Å². The van der Waals surface area contributed by atoms with Crippen molar-refractivity contribution in [3.8, 4) is 0 Å². The Bertz CT molecular complexity index is 867. The van der Waals surface area contributed by atoms with Gasteiger partial charge in [0, 0.05) is 30.1 Å². The third-order valence-electron chi connectivity index (χ3n) is 5.08. The largest absolute Gasteiger partial charge is 0.305 e. The molecule has 0 radical (unpaired) electrons. The van der Waals surface area contributed by atoms with Crippen molar-refractivity contribution in [3.63, 3.8) is 0 Å². The van der Waals surface area contributed by atoms with E-state index in [9.17, 15) is 16.8 Å². The van der Waals surface area contributed by atoms with Crippen LogP contribution in [-0.2, 0) is 19.9 Å². The molecule has 0 amide bonds. The molecule has 2 fully saturated rings. The van der Waals surface area contributed by atoms with E-state index in [1.807, 2.05) is 19.0 Å². The second-order valence-electron chi connectivity index (χ2n) is 6.80. The van der Waals surface area contributed by atoms with Gasteiger partial charge in [-0.05, 0) is 38.7 Å². The van der Waals surface area contributed by atoms with Gasteiger partial charge in [0.15, 0.2) is 9.84 Å². The Hall–Kier alpha value is -0.670. The molecule has 6 nitrogen and oxygen atoms in total. The highest BCUT2D eigenvalue weighted by atomic mass is 35.5. The van der Waals surface area contributed by atoms with E-state index in [0.29, 0.717) is 5.02 Å². The summed E-state index contributed by atoms with van der Waals surface area (Å²) in [6.45, 7) is 2.04. The predicted molar refractivity (Wildman–Crippen MR) is 93.5 cm³/mol. The van der Waals surface area contributed by atoms with E-state index < -0.39 is 25.1 Å². The lowest BCUT2D eigenvalue weighted by Crippen LogP contribution is -2.38. The van der Waals surface area contributed by atoms with Crippen molar-refractivity contribution in [2.75, 3.05) is 32.9 Å². The number of sulfone groups is 1. The van der Waals surface area contributed by atoms with E-state index in [1.165, 1.54) is 16.4 Å². The van der Waals surface area contributed by atoms with Crippen LogP contribution < -0.4 is 0 Å². The van der Waals surface area contributed by atoms with Crippen molar-refractivity contribution in [1.29, 1.82) is 0 Å². The maximum Gasteiger partial charge on any atom is 0.243 e. The van der Waals surface area contributed by atoms with Gasteiger partial charge in [0.2, 0.25) is 10.0 Å². The number of halogens is 1. The highest BCUT2D eigenvalue weighted by molar-refractivity contribution is 7.92. The second-order valence-corrected chi connectivity index (χ2v) is 11.4. The maximum atomic E-state index is 12.9. The lowest BCUT2D eigenvalue weighted by atomic mass is 10.00. The molecule has 24 heavy (non-hydrogen) atoms. The summed E-state index contributed by atoms with van der Waals surface area (Å²) in [5, 5.41) is -0.241. The van der Waals surface area contributed by atoms with E-state index in [4.69, 9.17) is 11.6 Å². The van der Waals surface area contributed by atoms with Crippen molar-refractivity contribution in [3.05, 3.63) is 28.8 Å². The fourth-order valence-electron chi connectivity index (χ4n) is 3.61. The molecule has 0 spiro atoms. The van der Waals surface area contributed by atoms with Crippen LogP contribution in [0.25, 0.3) is 0 Å². The van der Waals surface area contributed by atoms with Crippen LogP contribution in [0, 0.1) is 12.8 Å². The molecule has 1 aromatic rings. The molecule has 0 aromatic heterocycles. The zero-order valence-electron chi connectivity index (χ0n) is 13.8. The number of rotatable bonds is 3. The molecule has 1 aromatic carbocycles. The fraction of sp³-hybridized carbons (Fsp3) is 0.600. The summed E-state index contributed by atoms with van der Waals surface area (Å²) >= 11 is 6.05. The van der Waals surface area contributed by atoms with Crippen molar-refractivity contribution in [1.82, 2.24) is 9.21 Å². The maximum absolute atomic E-state index is 12.9. The molecule has 3 atom stereocenters. The van der Waals surface area contributed by atoms with E-state index in [2.05, 4.69) is 0 Å². The van der Waals surface area contributed by atoms with E-state index in [-0.39, 0.29) is 35.7 Å². The smallest absolute Gasteiger partial charge is 0.243 e. The quantitative estimate of drug-likeness (QED) is 0.767. The van der Waals surface area contributed by atoms with E-state index in [1.54, 1.807) is 13.0 Å². The van der Waals surface area contributed by atoms with Crippen molar-refractivity contribution < 1.29 is 16.8 Å². The lowest BCUT2D eigenvalue weighted by molar-refractivity contribution is 0.249. The lowest BCUT2D eigenvalue weighted by Gasteiger charge is -2.25. The molecule has 2 heterocycles. The van der Waals surface area contributed by atoms with Gasteiger partial charge in [0.1, 0.15) is 0 Å². The minimum absolute atomic E-state index is 0.0190. The third-order valence-corrected chi connectivity index (χ3v) is 9.54. The van der Waals surface area contributed by atoms with E-state index in [0.717, 1.165) is 5.56 Å². The first-order valence-corrected chi connectivity index (χ1v) is 11.2. The number of nitrogens with zero attached hydrogens (tertiary/aromatic N) is 2. The summed E-state index contributed by atoms with van der Waals surface area (Å²) in [4.78, 5) is 1.98. The summed E-state index contributed by atoms with van der Waals surface area (Å²) in [5.41, 5.74) is 0.796. The minimum Gasteiger partial charge on any atom is -0.305 e. The monoisotopic (exact) mass is 392 g/mol. The molecular formula is C15H21ClN2O4S2. The Morgan fingerprint density at radius 2 is 1.92 bits per heavy atom. The Labute approximate surface area is 148 Å². The molecule has 2 aliphatic rings. The van der Waals surface area contributed by atoms with Gasteiger partial charge in [-0.3, -0.25) is 0 Å². The number of sulfonamides is 1. The van der Waals surface area contributed by atoms with Gasteiger partial charge in [-0.2, -0.15) is 4.31 Å². The first kappa shape index (κ1) is 18.1. The summed E-state index contributed by atoms with van der Waals surface area (Å²) in [7, 11) is -3.37. The summed E-state index contributed by atoms with van der Waals surface area (Å²) in [5.74, 6) is -0.0970. The zero-order chi connectivity index (χ0) is 17.9. The number of hydrogen-bond acceptors (Lipinski definition) is 5. The molecule has 0 bridgehead atoms. The number of benzene rings is 1. The molecular weight excluding hydrogens is 372 g/mol. The Kier molecular flexibility index (Phi) is 4.49. The second kappa shape index (κ2) is 5.95. The standard InChI is InChI=1S/C15H21ClN2O4S2/c1-10-4-5-11(6-13(10)16)24(21,22)18-7-12-14(17(2)3)9-23(19,20)15(12)8-18/h4-6,12,14-15H,7-9H2,1-3H3/t12-,14+,15-/m0/s1. The highest BCUT2D eigenvalue weighted by Gasteiger charge is 2.54. The van der Waals surface area contributed by atoms with Crippen molar-refractivity contribution in [2.45, 2.75) is 23.1 Å². The number of aryl methyl sites for hydroxylation is 1. The van der Waals surface area contributed by atoms with Gasteiger partial charge < -0.3 is 4.90 Å². The van der Waals surface area contributed by atoms with Crippen molar-refractivity contribution >= 4 is 31.5 Å². The van der Waals surface area contributed by atoms with Gasteiger partial charge in [-0.15, -0.1) is 0 Å². The SMILES string of the molecule is Cc1ccc(S(=O)(=O)N2C[C@H]3[C@H](N(C)C)CS(=O)(=O)[C@H]3C2)cc1Cl. The molecule has 0 N–H and O–H groups in total. The van der Waals surface area contributed by atoms with Crippen LogP contribution in [0.1, 0.15) is 5.56 Å². The average molecular weight is 393 g/mol. The van der Waals surface area contributed by atoms with Crippen LogP contribution >= 0.6 is 11.6 Å². The van der Waals surface area contributed by atoms with E-state index >= 15 is 0 Å². The topological polar surface area (TPSA) is 74.8 Å². The first-order chi connectivity index (χ1) is 11.0. The van der Waals surface area contributed by atoms with Gasteiger partial charge in [0.25, 0.3) is 0 Å². The number of hydrogen-bond donors (Lipinski definition) is 0. The Morgan fingerprint density at radius 1 is 1.25 bits per heavy atom. The molecule has 9 heteroatoms. The van der Waals surface area contributed by atoms with Crippen LogP contribution in [0.2, 0.25) is 5.02 Å². The summed E-state index contributed by atoms with van der Waals surface area (Å²) < 4.78 is 51.8. The summed E-state index contributed by atoms with van der Waals surface area (Å²) in [6.07, 6.45) is 0. The van der Waals surface area contributed by atoms with Gasteiger partial charge in [-0.1, -0.05) is 17.7 Å². The van der Waals surface area contributed by atoms with Crippen LogP contribution in [0.5, 0.6) is 0 Å². The third kappa shape index (κ3) is 2.88. The molecule has 2 saturated heterocycles. The molecule has 0 unspecified atom stereocenters. The Balaban J connectivity index is 1.93. The zero-order valence-corrected chi connectivity index (χ0v) is 16.2. The van der Waals surface area contributed by atoms with Gasteiger partial charge in [0.05, 0.1) is 15.9 Å². The first-order valence-electron chi connectivity index (χ1n) is 7.68. The molecule has 0 aliphatic carbocycles. The highest BCUT2D eigenvalue weighted by Crippen LogP contribution is 2.38. The van der Waals surface area contributed by atoms with Gasteiger partial charge >= 0.3 is 0 Å². The molecule has 0 saturated carbocycles. The molecule has 3 rings (SSSR count). The molecule has 2 aliphatic heterocycles. The Morgan fingerprint density at radius 3 is 2.50 bits per heavy atom. The number of fused-ring (bicyclic) bond motifs is 1.